The minimum atomic E-state index is -0.918. The first kappa shape index (κ1) is 15.4. The third kappa shape index (κ3) is 3.97. The number of rotatable bonds is 3. The van der Waals surface area contributed by atoms with Gasteiger partial charge in [-0.05, 0) is 29.5 Å². The highest BCUT2D eigenvalue weighted by molar-refractivity contribution is 5.87. The molecule has 0 radical (unpaired) electrons. The summed E-state index contributed by atoms with van der Waals surface area (Å²) in [5, 5.41) is 8.79. The second kappa shape index (κ2) is 6.17. The van der Waals surface area contributed by atoms with Crippen molar-refractivity contribution in [1.29, 1.82) is 0 Å². The molecule has 1 aromatic rings. The van der Waals surface area contributed by atoms with Gasteiger partial charge >= 0.3 is 5.97 Å². The van der Waals surface area contributed by atoms with Gasteiger partial charge in [-0.3, -0.25) is 0 Å². The Kier molecular flexibility index (Phi) is 4.51. The second-order valence-corrected chi connectivity index (χ2v) is 6.41. The summed E-state index contributed by atoms with van der Waals surface area (Å²) in [4.78, 5) is 13.0. The van der Waals surface area contributed by atoms with Crippen LogP contribution in [0.1, 0.15) is 32.8 Å². The highest BCUT2D eigenvalue weighted by Gasteiger charge is 2.21. The number of benzene rings is 1. The normalized spacial score (nSPS) is 16.1. The summed E-state index contributed by atoms with van der Waals surface area (Å²) in [7, 11) is 0. The Labute approximate surface area is 126 Å². The summed E-state index contributed by atoms with van der Waals surface area (Å²) >= 11 is 0. The minimum absolute atomic E-state index is 0.231. The fourth-order valence-corrected chi connectivity index (χ4v) is 2.65. The lowest BCUT2D eigenvalue weighted by Gasteiger charge is -2.34. The lowest BCUT2D eigenvalue weighted by molar-refractivity contribution is -0.131. The van der Waals surface area contributed by atoms with E-state index in [0.717, 1.165) is 30.8 Å². The van der Waals surface area contributed by atoms with Crippen molar-refractivity contribution >= 4 is 17.7 Å². The Hall–Kier alpha value is -2.03. The van der Waals surface area contributed by atoms with Crippen LogP contribution in [0.5, 0.6) is 0 Å². The van der Waals surface area contributed by atoms with E-state index in [2.05, 4.69) is 37.8 Å². The number of carboxylic acid groups (broad SMARTS) is 1. The van der Waals surface area contributed by atoms with E-state index in [9.17, 15) is 4.79 Å². The highest BCUT2D eigenvalue weighted by atomic mass is 16.4. The fourth-order valence-electron chi connectivity index (χ4n) is 2.65. The first-order chi connectivity index (χ1) is 9.88. The van der Waals surface area contributed by atoms with Gasteiger partial charge in [0.15, 0.2) is 0 Å². The molecule has 3 heteroatoms. The molecule has 21 heavy (non-hydrogen) atoms. The molecule has 0 spiro atoms. The van der Waals surface area contributed by atoms with E-state index in [1.54, 1.807) is 6.08 Å². The van der Waals surface area contributed by atoms with Crippen LogP contribution < -0.4 is 4.90 Å². The molecule has 0 saturated heterocycles. The highest BCUT2D eigenvalue weighted by Crippen LogP contribution is 2.32. The van der Waals surface area contributed by atoms with Crippen LogP contribution >= 0.6 is 0 Å². The van der Waals surface area contributed by atoms with Crippen molar-refractivity contribution in [1.82, 2.24) is 0 Å². The van der Waals surface area contributed by atoms with Gasteiger partial charge in [-0.1, -0.05) is 50.6 Å². The van der Waals surface area contributed by atoms with Crippen molar-refractivity contribution in [2.45, 2.75) is 27.2 Å². The number of para-hydroxylation sites is 1. The number of nitrogens with zero attached hydrogens (tertiary/aromatic N) is 1. The third-order valence-corrected chi connectivity index (χ3v) is 3.86. The molecule has 3 nitrogen and oxygen atoms in total. The summed E-state index contributed by atoms with van der Waals surface area (Å²) in [6.07, 6.45) is 6.22. The molecule has 0 aromatic heterocycles. The molecular weight excluding hydrogens is 262 g/mol. The van der Waals surface area contributed by atoms with Crippen LogP contribution in [-0.2, 0) is 4.79 Å². The van der Waals surface area contributed by atoms with E-state index in [1.807, 2.05) is 18.2 Å². The third-order valence-electron chi connectivity index (χ3n) is 3.86. The van der Waals surface area contributed by atoms with Crippen molar-refractivity contribution in [3.8, 4) is 0 Å². The van der Waals surface area contributed by atoms with Crippen LogP contribution in [0.25, 0.3) is 6.08 Å². The maximum absolute atomic E-state index is 10.7. The molecule has 0 aliphatic carbocycles. The molecule has 1 heterocycles. The SMILES string of the molecule is CC(C)(C)C1=CCN(c2ccccc2/C=C/C(=O)O)CC1. The lowest BCUT2D eigenvalue weighted by atomic mass is 9.83. The molecule has 0 saturated carbocycles. The Morgan fingerprint density at radius 2 is 2.00 bits per heavy atom. The summed E-state index contributed by atoms with van der Waals surface area (Å²) in [6.45, 7) is 8.60. The van der Waals surface area contributed by atoms with Gasteiger partial charge in [-0.15, -0.1) is 0 Å². The molecule has 1 aliphatic rings. The van der Waals surface area contributed by atoms with Crippen molar-refractivity contribution < 1.29 is 9.90 Å². The molecule has 0 unspecified atom stereocenters. The van der Waals surface area contributed by atoms with Crippen molar-refractivity contribution in [3.63, 3.8) is 0 Å². The molecule has 0 bridgehead atoms. The Balaban J connectivity index is 2.21. The second-order valence-electron chi connectivity index (χ2n) is 6.41. The molecule has 1 N–H and O–H groups in total. The van der Waals surface area contributed by atoms with Gasteiger partial charge in [0.25, 0.3) is 0 Å². The van der Waals surface area contributed by atoms with Crippen molar-refractivity contribution in [2.24, 2.45) is 5.41 Å². The van der Waals surface area contributed by atoms with E-state index in [4.69, 9.17) is 5.11 Å². The van der Waals surface area contributed by atoms with Gasteiger partial charge in [0, 0.05) is 24.9 Å². The smallest absolute Gasteiger partial charge is 0.328 e. The van der Waals surface area contributed by atoms with Crippen LogP contribution in [0.4, 0.5) is 5.69 Å². The summed E-state index contributed by atoms with van der Waals surface area (Å²) in [5.74, 6) is -0.918. The van der Waals surface area contributed by atoms with E-state index >= 15 is 0 Å². The van der Waals surface area contributed by atoms with Crippen molar-refractivity contribution in [3.05, 3.63) is 47.6 Å². The summed E-state index contributed by atoms with van der Waals surface area (Å²) in [6, 6.07) is 7.94. The molecule has 0 amide bonds. The van der Waals surface area contributed by atoms with Gasteiger partial charge in [0.1, 0.15) is 0 Å². The van der Waals surface area contributed by atoms with Crippen LogP contribution in [0.15, 0.2) is 42.0 Å². The summed E-state index contributed by atoms with van der Waals surface area (Å²) < 4.78 is 0. The number of aliphatic carboxylic acids is 1. The predicted octanol–water partition coefficient (Wildman–Crippen LogP) is 3.97. The average molecular weight is 285 g/mol. The minimum Gasteiger partial charge on any atom is -0.478 e. The number of carbonyl (C=O) groups is 1. The zero-order chi connectivity index (χ0) is 15.5. The molecule has 1 aliphatic heterocycles. The number of anilines is 1. The Morgan fingerprint density at radius 1 is 1.29 bits per heavy atom. The van der Waals surface area contributed by atoms with E-state index in [-0.39, 0.29) is 5.41 Å². The molecular formula is C18H23NO2. The first-order valence-corrected chi connectivity index (χ1v) is 7.32. The molecule has 2 rings (SSSR count). The zero-order valence-corrected chi connectivity index (χ0v) is 13.0. The van der Waals surface area contributed by atoms with Gasteiger partial charge in [0.2, 0.25) is 0 Å². The average Bonchev–Trinajstić information content (AvgIpc) is 2.44. The van der Waals surface area contributed by atoms with Gasteiger partial charge in [0.05, 0.1) is 0 Å². The number of hydrogen-bond acceptors (Lipinski definition) is 2. The zero-order valence-electron chi connectivity index (χ0n) is 13.0. The van der Waals surface area contributed by atoms with Crippen molar-refractivity contribution in [2.75, 3.05) is 18.0 Å². The Bertz CT molecular complexity index is 579. The quantitative estimate of drug-likeness (QED) is 0.675. The topological polar surface area (TPSA) is 40.5 Å². The van der Waals surface area contributed by atoms with Crippen LogP contribution in [0.2, 0.25) is 0 Å². The maximum atomic E-state index is 10.7. The molecule has 112 valence electrons. The van der Waals surface area contributed by atoms with Gasteiger partial charge < -0.3 is 10.0 Å². The standard InChI is InChI=1S/C18H23NO2/c1-18(2,3)15-10-12-19(13-11-15)16-7-5-4-6-14(16)8-9-17(20)21/h4-10H,11-13H2,1-3H3,(H,20,21)/b9-8+. The van der Waals surface area contributed by atoms with E-state index < -0.39 is 5.97 Å². The first-order valence-electron chi connectivity index (χ1n) is 7.32. The number of carboxylic acids is 1. The molecule has 1 aromatic carbocycles. The fraction of sp³-hybridized carbons (Fsp3) is 0.389. The molecule has 0 fully saturated rings. The van der Waals surface area contributed by atoms with Crippen LogP contribution in [0.3, 0.4) is 0 Å². The van der Waals surface area contributed by atoms with Gasteiger partial charge in [-0.2, -0.15) is 0 Å². The van der Waals surface area contributed by atoms with E-state index in [0.29, 0.717) is 0 Å². The maximum Gasteiger partial charge on any atom is 0.328 e. The monoisotopic (exact) mass is 285 g/mol. The lowest BCUT2D eigenvalue weighted by Crippen LogP contribution is -2.31. The van der Waals surface area contributed by atoms with Crippen LogP contribution in [-0.4, -0.2) is 24.2 Å². The Morgan fingerprint density at radius 3 is 2.57 bits per heavy atom. The largest absolute Gasteiger partial charge is 0.478 e. The molecule has 0 atom stereocenters. The van der Waals surface area contributed by atoms with E-state index in [1.165, 1.54) is 11.6 Å². The van der Waals surface area contributed by atoms with Crippen LogP contribution in [0, 0.1) is 5.41 Å². The predicted molar refractivity (Wildman–Crippen MR) is 87.5 cm³/mol. The summed E-state index contributed by atoms with van der Waals surface area (Å²) in [5.41, 5.74) is 3.78. The number of hydrogen-bond donors (Lipinski definition) is 1. The van der Waals surface area contributed by atoms with Gasteiger partial charge in [-0.25, -0.2) is 4.79 Å².